The summed E-state index contributed by atoms with van der Waals surface area (Å²) in [6.07, 6.45) is 3.69. The van der Waals surface area contributed by atoms with Crippen molar-refractivity contribution in [2.45, 2.75) is 33.9 Å². The van der Waals surface area contributed by atoms with Crippen LogP contribution in [0, 0.1) is 11.7 Å². The lowest BCUT2D eigenvalue weighted by Gasteiger charge is -2.24. The number of benzene rings is 1. The van der Waals surface area contributed by atoms with E-state index in [2.05, 4.69) is 5.10 Å². The summed E-state index contributed by atoms with van der Waals surface area (Å²) in [5.41, 5.74) is 1.36. The van der Waals surface area contributed by atoms with E-state index in [-0.39, 0.29) is 10.9 Å². The molecule has 2 rings (SSSR count). The number of amides is 1. The van der Waals surface area contributed by atoms with Crippen LogP contribution >= 0.6 is 11.6 Å². The summed E-state index contributed by atoms with van der Waals surface area (Å²) in [5, 5.41) is 4.19. The molecule has 1 aromatic heterocycles. The third kappa shape index (κ3) is 4.55. The first-order valence-corrected chi connectivity index (χ1v) is 8.04. The molecule has 0 spiro atoms. The summed E-state index contributed by atoms with van der Waals surface area (Å²) in [4.78, 5) is 14.5. The van der Waals surface area contributed by atoms with E-state index in [4.69, 9.17) is 11.6 Å². The Labute approximate surface area is 140 Å². The Morgan fingerprint density at radius 2 is 2.17 bits per heavy atom. The van der Waals surface area contributed by atoms with Gasteiger partial charge >= 0.3 is 0 Å². The molecule has 124 valence electrons. The lowest BCUT2D eigenvalue weighted by Crippen LogP contribution is -2.33. The van der Waals surface area contributed by atoms with Gasteiger partial charge in [-0.3, -0.25) is 9.48 Å². The van der Waals surface area contributed by atoms with Gasteiger partial charge in [0.05, 0.1) is 11.2 Å². The highest BCUT2D eigenvalue weighted by Crippen LogP contribution is 2.19. The average Bonchev–Trinajstić information content (AvgIpc) is 2.96. The van der Waals surface area contributed by atoms with Gasteiger partial charge in [-0.2, -0.15) is 5.10 Å². The third-order valence-corrected chi connectivity index (χ3v) is 3.71. The molecule has 0 saturated carbocycles. The van der Waals surface area contributed by atoms with Crippen LogP contribution < -0.4 is 0 Å². The molecule has 0 atom stereocenters. The average molecular weight is 338 g/mol. The maximum absolute atomic E-state index is 13.3. The molecule has 0 unspecified atom stereocenters. The summed E-state index contributed by atoms with van der Waals surface area (Å²) in [6.45, 7) is 7.96. The summed E-state index contributed by atoms with van der Waals surface area (Å²) in [7, 11) is 0. The fourth-order valence-corrected chi connectivity index (χ4v) is 2.53. The molecule has 0 fully saturated rings. The van der Waals surface area contributed by atoms with E-state index in [0.717, 1.165) is 12.1 Å². The molecule has 0 N–H and O–H groups in total. The normalized spacial score (nSPS) is 11.0. The van der Waals surface area contributed by atoms with Crippen LogP contribution in [-0.2, 0) is 13.1 Å². The number of aromatic nitrogens is 2. The monoisotopic (exact) mass is 337 g/mol. The van der Waals surface area contributed by atoms with Crippen LogP contribution in [0.1, 0.15) is 36.7 Å². The predicted molar refractivity (Wildman–Crippen MR) is 88.9 cm³/mol. The number of carbonyl (C=O) groups excluding carboxylic acids is 1. The Kier molecular flexibility index (Phi) is 5.77. The molecule has 23 heavy (non-hydrogen) atoms. The van der Waals surface area contributed by atoms with Crippen molar-refractivity contribution < 1.29 is 9.18 Å². The minimum Gasteiger partial charge on any atom is -0.334 e. The second kappa shape index (κ2) is 7.59. The van der Waals surface area contributed by atoms with Crippen LogP contribution in [0.15, 0.2) is 30.6 Å². The third-order valence-electron chi connectivity index (χ3n) is 3.42. The summed E-state index contributed by atoms with van der Waals surface area (Å²) >= 11 is 5.79. The zero-order valence-corrected chi connectivity index (χ0v) is 14.3. The van der Waals surface area contributed by atoms with Crippen molar-refractivity contribution in [2.24, 2.45) is 5.92 Å². The zero-order valence-electron chi connectivity index (χ0n) is 13.6. The number of rotatable bonds is 6. The smallest absolute Gasteiger partial charge is 0.254 e. The number of hydrogen-bond donors (Lipinski definition) is 0. The van der Waals surface area contributed by atoms with E-state index in [9.17, 15) is 9.18 Å². The lowest BCUT2D eigenvalue weighted by atomic mass is 10.1. The maximum Gasteiger partial charge on any atom is 0.254 e. The first-order valence-electron chi connectivity index (χ1n) is 7.66. The molecule has 0 bridgehead atoms. The Hall–Kier alpha value is -1.88. The first kappa shape index (κ1) is 17.5. The van der Waals surface area contributed by atoms with Gasteiger partial charge in [0.25, 0.3) is 5.91 Å². The van der Waals surface area contributed by atoms with Crippen molar-refractivity contribution in [2.75, 3.05) is 6.54 Å². The molecule has 1 aromatic carbocycles. The second-order valence-electron chi connectivity index (χ2n) is 5.91. The standard InChI is InChI=1S/C17H21ClFN3O/c1-4-22-11-13(8-20-22)10-21(9-12(2)3)17(23)14-5-6-16(19)15(18)7-14/h5-8,11-12H,4,9-10H2,1-3H3. The van der Waals surface area contributed by atoms with Gasteiger partial charge in [-0.25, -0.2) is 4.39 Å². The molecule has 0 saturated heterocycles. The van der Waals surface area contributed by atoms with Gasteiger partial charge < -0.3 is 4.90 Å². The number of halogens is 2. The SMILES string of the molecule is CCn1cc(CN(CC(C)C)C(=O)c2ccc(F)c(Cl)c2)cn1. The second-order valence-corrected chi connectivity index (χ2v) is 6.32. The quantitative estimate of drug-likeness (QED) is 0.799. The topological polar surface area (TPSA) is 38.1 Å². The predicted octanol–water partition coefficient (Wildman–Crippen LogP) is 3.99. The van der Waals surface area contributed by atoms with Gasteiger partial charge in [-0.05, 0) is 31.0 Å². The molecule has 0 radical (unpaired) electrons. The molecule has 1 heterocycles. The van der Waals surface area contributed by atoms with Crippen molar-refractivity contribution in [1.29, 1.82) is 0 Å². The summed E-state index contributed by atoms with van der Waals surface area (Å²) < 4.78 is 15.1. The van der Waals surface area contributed by atoms with Crippen LogP contribution in [0.25, 0.3) is 0 Å². The molecule has 0 aliphatic carbocycles. The van der Waals surface area contributed by atoms with E-state index >= 15 is 0 Å². The molecule has 2 aromatic rings. The van der Waals surface area contributed by atoms with Crippen molar-refractivity contribution >= 4 is 17.5 Å². The van der Waals surface area contributed by atoms with Crippen molar-refractivity contribution in [3.8, 4) is 0 Å². The Morgan fingerprint density at radius 3 is 2.74 bits per heavy atom. The van der Waals surface area contributed by atoms with Crippen molar-refractivity contribution in [3.05, 3.63) is 52.6 Å². The van der Waals surface area contributed by atoms with Gasteiger partial charge in [-0.15, -0.1) is 0 Å². The highest BCUT2D eigenvalue weighted by atomic mass is 35.5. The summed E-state index contributed by atoms with van der Waals surface area (Å²) in [5.74, 6) is -0.371. The molecular formula is C17H21ClFN3O. The lowest BCUT2D eigenvalue weighted by molar-refractivity contribution is 0.0722. The number of carbonyl (C=O) groups is 1. The minimum atomic E-state index is -0.525. The highest BCUT2D eigenvalue weighted by Gasteiger charge is 2.19. The van der Waals surface area contributed by atoms with Gasteiger partial charge in [0.2, 0.25) is 0 Å². The van der Waals surface area contributed by atoms with Crippen LogP contribution in [0.2, 0.25) is 5.02 Å². The van der Waals surface area contributed by atoms with Gasteiger partial charge in [0, 0.05) is 37.0 Å². The number of aryl methyl sites for hydroxylation is 1. The van der Waals surface area contributed by atoms with E-state index < -0.39 is 5.82 Å². The van der Waals surface area contributed by atoms with Crippen LogP contribution in [0.3, 0.4) is 0 Å². The van der Waals surface area contributed by atoms with Gasteiger partial charge in [0.1, 0.15) is 5.82 Å². The molecular weight excluding hydrogens is 317 g/mol. The van der Waals surface area contributed by atoms with Crippen LogP contribution in [-0.4, -0.2) is 27.1 Å². The number of hydrogen-bond acceptors (Lipinski definition) is 2. The van der Waals surface area contributed by atoms with E-state index in [1.807, 2.05) is 31.6 Å². The molecule has 0 aliphatic rings. The highest BCUT2D eigenvalue weighted by molar-refractivity contribution is 6.31. The van der Waals surface area contributed by atoms with Gasteiger partial charge in [-0.1, -0.05) is 25.4 Å². The molecule has 6 heteroatoms. The molecule has 1 amide bonds. The van der Waals surface area contributed by atoms with Crippen molar-refractivity contribution in [1.82, 2.24) is 14.7 Å². The maximum atomic E-state index is 13.3. The first-order chi connectivity index (χ1) is 10.9. The fraction of sp³-hybridized carbons (Fsp3) is 0.412. The largest absolute Gasteiger partial charge is 0.334 e. The van der Waals surface area contributed by atoms with Crippen LogP contribution in [0.4, 0.5) is 4.39 Å². The van der Waals surface area contributed by atoms with E-state index in [1.54, 1.807) is 11.1 Å². The zero-order chi connectivity index (χ0) is 17.0. The summed E-state index contributed by atoms with van der Waals surface area (Å²) in [6, 6.07) is 4.06. The van der Waals surface area contributed by atoms with E-state index in [1.165, 1.54) is 18.2 Å². The molecule has 0 aliphatic heterocycles. The Balaban J connectivity index is 2.22. The Morgan fingerprint density at radius 1 is 1.43 bits per heavy atom. The Bertz CT molecular complexity index is 684. The fourth-order valence-electron chi connectivity index (χ4n) is 2.35. The minimum absolute atomic E-state index is 0.0425. The number of nitrogens with zero attached hydrogens (tertiary/aromatic N) is 3. The van der Waals surface area contributed by atoms with E-state index in [0.29, 0.717) is 24.6 Å². The van der Waals surface area contributed by atoms with Gasteiger partial charge in [0.15, 0.2) is 0 Å². The molecule has 4 nitrogen and oxygen atoms in total. The van der Waals surface area contributed by atoms with Crippen molar-refractivity contribution in [3.63, 3.8) is 0 Å². The van der Waals surface area contributed by atoms with Crippen LogP contribution in [0.5, 0.6) is 0 Å².